The molecule has 0 radical (unpaired) electrons. The average molecular weight is 713 g/mol. The van der Waals surface area contributed by atoms with Crippen molar-refractivity contribution in [2.75, 3.05) is 31.6 Å². The van der Waals surface area contributed by atoms with Gasteiger partial charge >= 0.3 is 6.09 Å². The van der Waals surface area contributed by atoms with Gasteiger partial charge in [-0.3, -0.25) is 4.98 Å². The van der Waals surface area contributed by atoms with E-state index in [1.165, 1.54) is 0 Å². The minimum atomic E-state index is -1.28. The second kappa shape index (κ2) is 15.2. The Bertz CT molecular complexity index is 1530. The summed E-state index contributed by atoms with van der Waals surface area (Å²) in [4.78, 5) is 26.9. The highest BCUT2D eigenvalue weighted by molar-refractivity contribution is 6.76. The van der Waals surface area contributed by atoms with Crippen LogP contribution < -0.4 is 4.90 Å². The number of hydrogen-bond acceptors (Lipinski definition) is 8. The van der Waals surface area contributed by atoms with Crippen molar-refractivity contribution in [2.45, 2.75) is 128 Å². The zero-order valence-corrected chi connectivity index (χ0v) is 33.1. The first-order valence-electron chi connectivity index (χ1n) is 17.8. The van der Waals surface area contributed by atoms with Gasteiger partial charge in [0.05, 0.1) is 11.9 Å². The van der Waals surface area contributed by atoms with E-state index in [-0.39, 0.29) is 24.1 Å². The van der Waals surface area contributed by atoms with Crippen LogP contribution in [0.15, 0.2) is 30.6 Å². The number of pyridine rings is 1. The van der Waals surface area contributed by atoms with Gasteiger partial charge in [-0.25, -0.2) is 14.2 Å². The number of hydrogen-bond donors (Lipinski definition) is 0. The molecule has 2 aliphatic rings. The number of anilines is 1. The number of rotatable bonds is 14. The van der Waals surface area contributed by atoms with E-state index in [4.69, 9.17) is 24.3 Å². The lowest BCUT2D eigenvalue weighted by Gasteiger charge is -2.39. The Morgan fingerprint density at radius 2 is 1.57 bits per heavy atom. The number of amides is 1. The molecule has 49 heavy (non-hydrogen) atoms. The molecular formula is C36H57FN6O4Si2. The van der Waals surface area contributed by atoms with Crippen LogP contribution in [-0.2, 0) is 20.9 Å². The summed E-state index contributed by atoms with van der Waals surface area (Å²) >= 11 is 0. The number of carbonyl (C=O) groups excluding carboxylic acids is 1. The summed E-state index contributed by atoms with van der Waals surface area (Å²) in [6.45, 7) is 21.4. The van der Waals surface area contributed by atoms with Crippen molar-refractivity contribution in [3.63, 3.8) is 0 Å². The largest absolute Gasteiger partial charge is 0.444 e. The van der Waals surface area contributed by atoms with Gasteiger partial charge in [0.1, 0.15) is 31.6 Å². The Kier molecular flexibility index (Phi) is 11.6. The van der Waals surface area contributed by atoms with E-state index < -0.39 is 28.4 Å². The second-order valence-electron chi connectivity index (χ2n) is 17.2. The number of aromatic nitrogens is 4. The summed E-state index contributed by atoms with van der Waals surface area (Å²) in [7, 11) is -2.55. The van der Waals surface area contributed by atoms with Crippen LogP contribution in [-0.4, -0.2) is 91.1 Å². The van der Waals surface area contributed by atoms with Crippen molar-refractivity contribution in [3.05, 3.63) is 42.0 Å². The van der Waals surface area contributed by atoms with Gasteiger partial charge in [-0.1, -0.05) is 45.3 Å². The summed E-state index contributed by atoms with van der Waals surface area (Å²) in [5.74, 6) is 1.000. The molecule has 2 unspecified atom stereocenters. The Labute approximate surface area is 293 Å². The summed E-state index contributed by atoms with van der Waals surface area (Å²) in [5.41, 5.74) is 3.17. The van der Waals surface area contributed by atoms with Gasteiger partial charge in [-0.15, -0.1) is 0 Å². The maximum absolute atomic E-state index is 13.3. The van der Waals surface area contributed by atoms with Crippen LogP contribution in [0.1, 0.15) is 63.8 Å². The Balaban J connectivity index is 1.51. The van der Waals surface area contributed by atoms with Gasteiger partial charge in [0.15, 0.2) is 5.65 Å². The monoisotopic (exact) mass is 712 g/mol. The zero-order chi connectivity index (χ0) is 35.6. The fourth-order valence-corrected chi connectivity index (χ4v) is 8.09. The summed E-state index contributed by atoms with van der Waals surface area (Å²) in [5, 5.41) is 4.84. The van der Waals surface area contributed by atoms with E-state index in [0.717, 1.165) is 60.4 Å². The lowest BCUT2D eigenvalue weighted by atomic mass is 9.88. The third-order valence-electron chi connectivity index (χ3n) is 9.31. The highest BCUT2D eigenvalue weighted by Crippen LogP contribution is 2.44. The van der Waals surface area contributed by atoms with E-state index in [1.54, 1.807) is 12.3 Å². The summed E-state index contributed by atoms with van der Waals surface area (Å²) < 4.78 is 33.6. The van der Waals surface area contributed by atoms with Crippen LogP contribution in [0.2, 0.25) is 51.4 Å². The molecular weight excluding hydrogens is 656 g/mol. The molecule has 2 aliphatic heterocycles. The fraction of sp³-hybridized carbons (Fsp3) is 0.667. The smallest absolute Gasteiger partial charge is 0.410 e. The topological polar surface area (TPSA) is 94.3 Å². The lowest BCUT2D eigenvalue weighted by molar-refractivity contribution is 0.00569. The SMILES string of the molecule is CC(C)(C)OC(=O)N1C2CCC1CC(c1cc(N(COCC[Si](C)(C)C)COCC[Si](C)(C)C)n3ncc(-c4ccc(CF)nc4)c3n1)C2. The molecule has 13 heteroatoms. The van der Waals surface area contributed by atoms with Gasteiger partial charge < -0.3 is 24.0 Å². The van der Waals surface area contributed by atoms with E-state index in [9.17, 15) is 9.18 Å². The van der Waals surface area contributed by atoms with Crippen molar-refractivity contribution in [1.29, 1.82) is 0 Å². The van der Waals surface area contributed by atoms with Crippen LogP contribution >= 0.6 is 0 Å². The summed E-state index contributed by atoms with van der Waals surface area (Å²) in [6, 6.07) is 8.08. The van der Waals surface area contributed by atoms with Crippen LogP contribution in [0.3, 0.4) is 0 Å². The first-order valence-corrected chi connectivity index (χ1v) is 25.2. The van der Waals surface area contributed by atoms with Crippen molar-refractivity contribution >= 4 is 33.7 Å². The molecule has 3 aromatic heterocycles. The van der Waals surface area contributed by atoms with E-state index in [0.29, 0.717) is 38.0 Å². The lowest BCUT2D eigenvalue weighted by Crippen LogP contribution is -2.48. The molecule has 5 rings (SSSR count). The predicted octanol–water partition coefficient (Wildman–Crippen LogP) is 8.34. The average Bonchev–Trinajstić information content (AvgIpc) is 3.56. The maximum atomic E-state index is 13.3. The zero-order valence-electron chi connectivity index (χ0n) is 31.1. The molecule has 2 atom stereocenters. The molecule has 2 bridgehead atoms. The van der Waals surface area contributed by atoms with Gasteiger partial charge in [0, 0.05) is 76.4 Å². The molecule has 0 N–H and O–H groups in total. The Morgan fingerprint density at radius 1 is 0.959 bits per heavy atom. The molecule has 0 aliphatic carbocycles. The molecule has 0 saturated carbocycles. The number of fused-ring (bicyclic) bond motifs is 3. The predicted molar refractivity (Wildman–Crippen MR) is 198 cm³/mol. The molecule has 270 valence electrons. The minimum absolute atomic E-state index is 0.104. The fourth-order valence-electron chi connectivity index (χ4n) is 6.57. The third kappa shape index (κ3) is 9.89. The van der Waals surface area contributed by atoms with Crippen molar-refractivity contribution in [3.8, 4) is 11.1 Å². The molecule has 0 spiro atoms. The number of ether oxygens (including phenoxy) is 3. The van der Waals surface area contributed by atoms with Crippen LogP contribution in [0.4, 0.5) is 15.0 Å². The number of piperidine rings is 1. The van der Waals surface area contributed by atoms with Crippen molar-refractivity contribution in [2.24, 2.45) is 0 Å². The molecule has 0 aromatic carbocycles. The van der Waals surface area contributed by atoms with E-state index >= 15 is 0 Å². The molecule has 1 amide bonds. The van der Waals surface area contributed by atoms with Crippen molar-refractivity contribution < 1.29 is 23.4 Å². The first kappa shape index (κ1) is 37.4. The second-order valence-corrected chi connectivity index (χ2v) is 28.4. The first-order chi connectivity index (χ1) is 23.0. The van der Waals surface area contributed by atoms with Crippen molar-refractivity contribution in [1.82, 2.24) is 24.5 Å². The minimum Gasteiger partial charge on any atom is -0.444 e. The standard InChI is InChI=1S/C36H57FN6O4Si2/c1-36(2,3)47-35(44)42-29-12-13-30(42)19-27(18-29)32-20-33(41(24-45-14-16-48(4,5)6)25-46-15-17-49(7,8)9)43-34(40-32)31(23-39-43)26-10-11-28(21-37)38-22-26/h10-11,20,22-23,27,29-30H,12-19,21,24-25H2,1-9H3. The molecule has 3 aromatic rings. The number of nitrogens with zero attached hydrogens (tertiary/aromatic N) is 6. The highest BCUT2D eigenvalue weighted by Gasteiger charge is 2.45. The summed E-state index contributed by atoms with van der Waals surface area (Å²) in [6.07, 6.45) is 6.83. The van der Waals surface area contributed by atoms with Gasteiger partial charge in [-0.05, 0) is 64.6 Å². The quantitative estimate of drug-likeness (QED) is 0.0936. The number of halogens is 1. The normalized spacial score (nSPS) is 19.9. The number of carbonyl (C=O) groups is 1. The Morgan fingerprint density at radius 3 is 2.08 bits per heavy atom. The Hall–Kier alpha value is -2.88. The molecule has 5 heterocycles. The van der Waals surface area contributed by atoms with Gasteiger partial charge in [0.25, 0.3) is 0 Å². The van der Waals surface area contributed by atoms with Crippen LogP contribution in [0, 0.1) is 0 Å². The van der Waals surface area contributed by atoms with Gasteiger partial charge in [-0.2, -0.15) is 9.61 Å². The number of alkyl halides is 1. The van der Waals surface area contributed by atoms with Crippen LogP contribution in [0.5, 0.6) is 0 Å². The highest BCUT2D eigenvalue weighted by atomic mass is 28.3. The van der Waals surface area contributed by atoms with E-state index in [1.807, 2.05) is 42.4 Å². The van der Waals surface area contributed by atoms with Gasteiger partial charge in [0.2, 0.25) is 0 Å². The molecule has 2 fully saturated rings. The third-order valence-corrected chi connectivity index (χ3v) is 12.7. The maximum Gasteiger partial charge on any atom is 0.410 e. The molecule has 2 saturated heterocycles. The van der Waals surface area contributed by atoms with Crippen LogP contribution in [0.25, 0.3) is 16.8 Å². The van der Waals surface area contributed by atoms with E-state index in [2.05, 4.69) is 55.2 Å². The molecule has 10 nitrogen and oxygen atoms in total.